The Morgan fingerprint density at radius 3 is 3.09 bits per heavy atom. The van der Waals surface area contributed by atoms with E-state index in [9.17, 15) is 4.79 Å². The molecule has 1 aliphatic rings. The van der Waals surface area contributed by atoms with Crippen molar-refractivity contribution >= 4 is 28.7 Å². The molecule has 0 aliphatic heterocycles. The second-order valence-electron chi connectivity index (χ2n) is 6.14. The molecule has 2 atom stereocenters. The Balaban J connectivity index is 1.66. The standard InChI is InChI=1S/C16H20ClN3O2/c1-9(2)20-16(21)22-12-4-3-10(5-12)11-6-13-14(17)8-19-15(13)18-7-11/h6-10,12H,3-5H2,1-2H3,(H,18,19)(H,20,21)/t10-,12+/m0/s1. The number of nitrogens with one attached hydrogen (secondary N) is 2. The number of carbonyl (C=O) groups is 1. The third-order valence-corrected chi connectivity index (χ3v) is 4.35. The molecule has 6 heteroatoms. The number of aromatic amines is 1. The van der Waals surface area contributed by atoms with E-state index in [1.54, 1.807) is 6.20 Å². The average molecular weight is 322 g/mol. The van der Waals surface area contributed by atoms with Gasteiger partial charge in [-0.15, -0.1) is 0 Å². The number of hydrogen-bond acceptors (Lipinski definition) is 3. The maximum Gasteiger partial charge on any atom is 0.407 e. The Kier molecular flexibility index (Phi) is 4.25. The van der Waals surface area contributed by atoms with E-state index in [0.717, 1.165) is 35.9 Å². The highest BCUT2D eigenvalue weighted by molar-refractivity contribution is 6.35. The van der Waals surface area contributed by atoms with Gasteiger partial charge in [0.1, 0.15) is 11.8 Å². The smallest absolute Gasteiger partial charge is 0.407 e. The van der Waals surface area contributed by atoms with Crippen LogP contribution in [0.3, 0.4) is 0 Å². The minimum absolute atomic E-state index is 0.0267. The number of rotatable bonds is 3. The average Bonchev–Trinajstić information content (AvgIpc) is 3.05. The van der Waals surface area contributed by atoms with Crippen LogP contribution in [-0.4, -0.2) is 28.2 Å². The first-order valence-corrected chi connectivity index (χ1v) is 8.00. The predicted octanol–water partition coefficient (Wildman–Crippen LogP) is 3.99. The Morgan fingerprint density at radius 2 is 2.32 bits per heavy atom. The molecule has 0 bridgehead atoms. The maximum atomic E-state index is 11.7. The Bertz CT molecular complexity index is 683. The molecule has 118 valence electrons. The van der Waals surface area contributed by atoms with Crippen LogP contribution in [-0.2, 0) is 4.74 Å². The van der Waals surface area contributed by atoms with Crippen molar-refractivity contribution < 1.29 is 9.53 Å². The molecule has 2 heterocycles. The molecule has 0 unspecified atom stereocenters. The monoisotopic (exact) mass is 321 g/mol. The van der Waals surface area contributed by atoms with Crippen molar-refractivity contribution in [3.05, 3.63) is 29.0 Å². The lowest BCUT2D eigenvalue weighted by molar-refractivity contribution is 0.0982. The first-order valence-electron chi connectivity index (χ1n) is 7.62. The molecule has 0 aromatic carbocycles. The number of alkyl carbamates (subject to hydrolysis) is 1. The quantitative estimate of drug-likeness (QED) is 0.898. The summed E-state index contributed by atoms with van der Waals surface area (Å²) in [6.07, 6.45) is 5.99. The fourth-order valence-corrected chi connectivity index (χ4v) is 3.18. The van der Waals surface area contributed by atoms with Gasteiger partial charge in [-0.25, -0.2) is 9.78 Å². The lowest BCUT2D eigenvalue weighted by Crippen LogP contribution is -2.33. The third kappa shape index (κ3) is 3.19. The molecule has 2 aromatic rings. The fourth-order valence-electron chi connectivity index (χ4n) is 2.98. The second kappa shape index (κ2) is 6.16. The minimum Gasteiger partial charge on any atom is -0.446 e. The highest BCUT2D eigenvalue weighted by Crippen LogP contribution is 2.37. The van der Waals surface area contributed by atoms with Crippen LogP contribution < -0.4 is 5.32 Å². The van der Waals surface area contributed by atoms with Gasteiger partial charge >= 0.3 is 6.09 Å². The number of aromatic nitrogens is 2. The highest BCUT2D eigenvalue weighted by atomic mass is 35.5. The van der Waals surface area contributed by atoms with E-state index >= 15 is 0 Å². The van der Waals surface area contributed by atoms with Gasteiger partial charge in [0.2, 0.25) is 0 Å². The van der Waals surface area contributed by atoms with E-state index < -0.39 is 0 Å². The topological polar surface area (TPSA) is 67.0 Å². The molecule has 3 rings (SSSR count). The van der Waals surface area contributed by atoms with Gasteiger partial charge in [0.15, 0.2) is 0 Å². The predicted molar refractivity (Wildman–Crippen MR) is 86.2 cm³/mol. The fraction of sp³-hybridized carbons (Fsp3) is 0.500. The molecule has 0 saturated heterocycles. The SMILES string of the molecule is CC(C)NC(=O)O[C@@H]1CC[C@H](c2cnc3[nH]cc(Cl)c3c2)C1. The number of hydrogen-bond donors (Lipinski definition) is 2. The highest BCUT2D eigenvalue weighted by Gasteiger charge is 2.29. The van der Waals surface area contributed by atoms with Crippen LogP contribution in [0.15, 0.2) is 18.5 Å². The van der Waals surface area contributed by atoms with Crippen molar-refractivity contribution in [1.82, 2.24) is 15.3 Å². The van der Waals surface area contributed by atoms with Crippen molar-refractivity contribution in [2.45, 2.75) is 51.2 Å². The van der Waals surface area contributed by atoms with Crippen molar-refractivity contribution in [3.63, 3.8) is 0 Å². The van der Waals surface area contributed by atoms with Gasteiger partial charge in [-0.05, 0) is 50.7 Å². The molecule has 2 N–H and O–H groups in total. The van der Waals surface area contributed by atoms with Crippen LogP contribution in [0.4, 0.5) is 4.79 Å². The molecule has 1 fully saturated rings. The first kappa shape index (κ1) is 15.2. The number of halogens is 1. The number of ether oxygens (including phenoxy) is 1. The summed E-state index contributed by atoms with van der Waals surface area (Å²) < 4.78 is 5.47. The van der Waals surface area contributed by atoms with E-state index in [1.165, 1.54) is 0 Å². The van der Waals surface area contributed by atoms with E-state index in [0.29, 0.717) is 10.9 Å². The van der Waals surface area contributed by atoms with Crippen LogP contribution in [0.1, 0.15) is 44.6 Å². The second-order valence-corrected chi connectivity index (χ2v) is 6.54. The van der Waals surface area contributed by atoms with Crippen LogP contribution >= 0.6 is 11.6 Å². The van der Waals surface area contributed by atoms with Crippen molar-refractivity contribution in [2.75, 3.05) is 0 Å². The number of amides is 1. The number of carbonyl (C=O) groups excluding carboxylic acids is 1. The normalized spacial score (nSPS) is 21.5. The van der Waals surface area contributed by atoms with Gasteiger partial charge in [-0.1, -0.05) is 11.6 Å². The minimum atomic E-state index is -0.331. The summed E-state index contributed by atoms with van der Waals surface area (Å²) in [5.41, 5.74) is 1.96. The molecule has 22 heavy (non-hydrogen) atoms. The third-order valence-electron chi connectivity index (χ3n) is 4.04. The summed E-state index contributed by atoms with van der Waals surface area (Å²) in [5.74, 6) is 0.361. The van der Waals surface area contributed by atoms with Crippen LogP contribution in [0, 0.1) is 0 Å². The van der Waals surface area contributed by atoms with Gasteiger partial charge in [-0.3, -0.25) is 0 Å². The van der Waals surface area contributed by atoms with E-state index in [1.807, 2.05) is 20.0 Å². The zero-order valence-electron chi connectivity index (χ0n) is 12.7. The van der Waals surface area contributed by atoms with E-state index in [2.05, 4.69) is 21.4 Å². The molecule has 2 aromatic heterocycles. The Hall–Kier alpha value is -1.75. The van der Waals surface area contributed by atoms with Crippen molar-refractivity contribution in [1.29, 1.82) is 0 Å². The number of nitrogens with zero attached hydrogens (tertiary/aromatic N) is 1. The van der Waals surface area contributed by atoms with Crippen LogP contribution in [0.2, 0.25) is 5.02 Å². The summed E-state index contributed by atoms with van der Waals surface area (Å²) in [6, 6.07) is 2.18. The summed E-state index contributed by atoms with van der Waals surface area (Å²) in [6.45, 7) is 3.83. The zero-order valence-corrected chi connectivity index (χ0v) is 13.5. The first-order chi connectivity index (χ1) is 10.5. The maximum absolute atomic E-state index is 11.7. The molecular weight excluding hydrogens is 302 g/mol. The summed E-state index contributed by atoms with van der Waals surface area (Å²) in [7, 11) is 0. The molecule has 1 amide bonds. The van der Waals surface area contributed by atoms with Crippen LogP contribution in [0.25, 0.3) is 11.0 Å². The van der Waals surface area contributed by atoms with Gasteiger partial charge in [0.05, 0.1) is 5.02 Å². The molecule has 1 saturated carbocycles. The molecule has 0 radical (unpaired) electrons. The summed E-state index contributed by atoms with van der Waals surface area (Å²) in [4.78, 5) is 19.1. The Labute approximate surface area is 134 Å². The molecule has 5 nitrogen and oxygen atoms in total. The largest absolute Gasteiger partial charge is 0.446 e. The van der Waals surface area contributed by atoms with Gasteiger partial charge < -0.3 is 15.0 Å². The number of pyridine rings is 1. The van der Waals surface area contributed by atoms with Crippen molar-refractivity contribution in [3.8, 4) is 0 Å². The van der Waals surface area contributed by atoms with Crippen molar-refractivity contribution in [2.24, 2.45) is 0 Å². The Morgan fingerprint density at radius 1 is 1.50 bits per heavy atom. The summed E-state index contributed by atoms with van der Waals surface area (Å²) in [5, 5.41) is 4.39. The van der Waals surface area contributed by atoms with Gasteiger partial charge in [-0.2, -0.15) is 0 Å². The van der Waals surface area contributed by atoms with Gasteiger partial charge in [0, 0.05) is 23.8 Å². The lowest BCUT2D eigenvalue weighted by atomic mass is 9.99. The van der Waals surface area contributed by atoms with E-state index in [-0.39, 0.29) is 18.2 Å². The lowest BCUT2D eigenvalue weighted by Gasteiger charge is -2.15. The summed E-state index contributed by atoms with van der Waals surface area (Å²) >= 11 is 6.15. The number of H-pyrrole nitrogens is 1. The van der Waals surface area contributed by atoms with Crippen LogP contribution in [0.5, 0.6) is 0 Å². The van der Waals surface area contributed by atoms with Gasteiger partial charge in [0.25, 0.3) is 0 Å². The van der Waals surface area contributed by atoms with E-state index in [4.69, 9.17) is 16.3 Å². The molecule has 0 spiro atoms. The molecule has 1 aliphatic carbocycles. The molecular formula is C16H20ClN3O2. The number of fused-ring (bicyclic) bond motifs is 1. The zero-order chi connectivity index (χ0) is 15.7.